The second-order valence-electron chi connectivity index (χ2n) is 2.93. The summed E-state index contributed by atoms with van der Waals surface area (Å²) in [6.07, 6.45) is 3.10. The quantitative estimate of drug-likeness (QED) is 0.705. The van der Waals surface area contributed by atoms with E-state index >= 15 is 0 Å². The van der Waals surface area contributed by atoms with Gasteiger partial charge in [-0.25, -0.2) is 4.98 Å². The largest absolute Gasteiger partial charge is 0.376 e. The molecule has 0 spiro atoms. The maximum absolute atomic E-state index is 10.8. The van der Waals surface area contributed by atoms with Gasteiger partial charge >= 0.3 is 0 Å². The molecule has 14 heavy (non-hydrogen) atoms. The third kappa shape index (κ3) is 1.23. The molecule has 5 heteroatoms. The van der Waals surface area contributed by atoms with Crippen molar-refractivity contribution in [1.82, 2.24) is 9.55 Å². The summed E-state index contributed by atoms with van der Waals surface area (Å²) in [5.41, 5.74) is 6.11. The minimum Gasteiger partial charge on any atom is -0.376 e. The summed E-state index contributed by atoms with van der Waals surface area (Å²) in [5.74, 6) is -0.504. The van der Waals surface area contributed by atoms with Crippen molar-refractivity contribution in [2.75, 3.05) is 0 Å². The van der Waals surface area contributed by atoms with E-state index in [0.717, 1.165) is 5.39 Å². The number of fused-ring (bicyclic) bond motifs is 1. The number of carbonyl (C=O) groups is 1. The highest BCUT2D eigenvalue weighted by Gasteiger charge is 2.05. The average molecular weight is 191 g/mol. The number of aliphatic hydroxyl groups excluding tert-OH is 1. The monoisotopic (exact) mass is 191 g/mol. The maximum Gasteiger partial charge on any atom is 0.250 e. The van der Waals surface area contributed by atoms with Crippen molar-refractivity contribution < 1.29 is 9.90 Å². The van der Waals surface area contributed by atoms with Crippen molar-refractivity contribution in [3.05, 3.63) is 30.1 Å². The number of aliphatic hydroxyl groups is 1. The average Bonchev–Trinajstić information content (AvgIpc) is 2.59. The number of nitrogens with two attached hydrogens (primary N) is 1. The fourth-order valence-corrected chi connectivity index (χ4v) is 1.33. The van der Waals surface area contributed by atoms with Crippen LogP contribution in [0.5, 0.6) is 0 Å². The Hall–Kier alpha value is -1.88. The molecule has 3 N–H and O–H groups in total. The van der Waals surface area contributed by atoms with E-state index in [9.17, 15) is 4.79 Å². The number of nitrogens with zero attached hydrogens (tertiary/aromatic N) is 2. The summed E-state index contributed by atoms with van der Waals surface area (Å²) >= 11 is 0. The van der Waals surface area contributed by atoms with Gasteiger partial charge in [-0.2, -0.15) is 0 Å². The van der Waals surface area contributed by atoms with Crippen LogP contribution in [0.2, 0.25) is 0 Å². The standard InChI is InChI=1S/C9H9N3O2/c10-8(14)7-3-6-1-2-12(5-13)9(6)11-4-7/h1-4,13H,5H2,(H2,10,14). The Balaban J connectivity index is 2.63. The first kappa shape index (κ1) is 8.71. The van der Waals surface area contributed by atoms with Crippen molar-refractivity contribution in [3.8, 4) is 0 Å². The fourth-order valence-electron chi connectivity index (χ4n) is 1.33. The summed E-state index contributed by atoms with van der Waals surface area (Å²) in [7, 11) is 0. The highest BCUT2D eigenvalue weighted by molar-refractivity contribution is 5.95. The van der Waals surface area contributed by atoms with Crippen LogP contribution in [0.4, 0.5) is 0 Å². The molecule has 1 amide bonds. The highest BCUT2D eigenvalue weighted by Crippen LogP contribution is 2.14. The van der Waals surface area contributed by atoms with Gasteiger partial charge in [0.05, 0.1) is 5.56 Å². The second kappa shape index (κ2) is 3.12. The summed E-state index contributed by atoms with van der Waals surface area (Å²) in [4.78, 5) is 14.9. The maximum atomic E-state index is 10.8. The lowest BCUT2D eigenvalue weighted by molar-refractivity contribution is 0.1000. The van der Waals surface area contributed by atoms with Gasteiger partial charge in [0, 0.05) is 17.8 Å². The molecular weight excluding hydrogens is 182 g/mol. The van der Waals surface area contributed by atoms with Gasteiger partial charge in [0.15, 0.2) is 0 Å². The van der Waals surface area contributed by atoms with Gasteiger partial charge in [-0.05, 0) is 12.1 Å². The highest BCUT2D eigenvalue weighted by atomic mass is 16.3. The summed E-state index contributed by atoms with van der Waals surface area (Å²) in [6, 6.07) is 3.42. The normalized spacial score (nSPS) is 10.6. The lowest BCUT2D eigenvalue weighted by Gasteiger charge is -1.99. The topological polar surface area (TPSA) is 81.1 Å². The van der Waals surface area contributed by atoms with Gasteiger partial charge in [-0.1, -0.05) is 0 Å². The molecule has 0 atom stereocenters. The molecule has 0 fully saturated rings. The van der Waals surface area contributed by atoms with Crippen LogP contribution in [0.3, 0.4) is 0 Å². The van der Waals surface area contributed by atoms with Crippen LogP contribution in [0.1, 0.15) is 10.4 Å². The molecule has 0 aliphatic heterocycles. The van der Waals surface area contributed by atoms with Crippen LogP contribution >= 0.6 is 0 Å². The number of carbonyl (C=O) groups excluding carboxylic acids is 1. The molecule has 2 aromatic rings. The van der Waals surface area contributed by atoms with Crippen molar-refractivity contribution in [3.63, 3.8) is 0 Å². The van der Waals surface area contributed by atoms with E-state index in [2.05, 4.69) is 4.98 Å². The molecule has 0 aliphatic carbocycles. The minimum atomic E-state index is -0.504. The molecule has 0 saturated carbocycles. The van der Waals surface area contributed by atoms with E-state index < -0.39 is 5.91 Å². The van der Waals surface area contributed by atoms with E-state index in [-0.39, 0.29) is 6.73 Å². The van der Waals surface area contributed by atoms with E-state index in [1.807, 2.05) is 0 Å². The van der Waals surface area contributed by atoms with Crippen molar-refractivity contribution >= 4 is 16.9 Å². The first-order chi connectivity index (χ1) is 6.72. The van der Waals surface area contributed by atoms with Gasteiger partial charge in [0.25, 0.3) is 0 Å². The zero-order valence-corrected chi connectivity index (χ0v) is 7.34. The predicted molar refractivity (Wildman–Crippen MR) is 50.5 cm³/mol. The lowest BCUT2D eigenvalue weighted by atomic mass is 10.2. The Morgan fingerprint density at radius 2 is 2.43 bits per heavy atom. The number of hydrogen-bond donors (Lipinski definition) is 2. The Bertz CT molecular complexity index is 490. The van der Waals surface area contributed by atoms with Gasteiger partial charge in [0.2, 0.25) is 5.91 Å². The smallest absolute Gasteiger partial charge is 0.250 e. The van der Waals surface area contributed by atoms with Crippen LogP contribution in [-0.2, 0) is 6.73 Å². The molecule has 0 unspecified atom stereocenters. The van der Waals surface area contributed by atoms with Gasteiger partial charge in [-0.3, -0.25) is 4.79 Å². The van der Waals surface area contributed by atoms with Crippen molar-refractivity contribution in [1.29, 1.82) is 0 Å². The number of pyridine rings is 1. The summed E-state index contributed by atoms with van der Waals surface area (Å²) in [5, 5.41) is 9.72. The number of primary amides is 1. The molecule has 0 radical (unpaired) electrons. The molecule has 0 bridgehead atoms. The molecule has 0 aromatic carbocycles. The molecule has 0 saturated heterocycles. The third-order valence-corrected chi connectivity index (χ3v) is 2.04. The molecule has 2 aromatic heterocycles. The molecule has 0 aliphatic rings. The van der Waals surface area contributed by atoms with Crippen molar-refractivity contribution in [2.45, 2.75) is 6.73 Å². The first-order valence-corrected chi connectivity index (χ1v) is 4.08. The van der Waals surface area contributed by atoms with E-state index in [1.165, 1.54) is 6.20 Å². The van der Waals surface area contributed by atoms with E-state index in [4.69, 9.17) is 10.8 Å². The van der Waals surface area contributed by atoms with Gasteiger partial charge in [0.1, 0.15) is 12.4 Å². The number of rotatable bonds is 2. The van der Waals surface area contributed by atoms with Crippen LogP contribution in [0.25, 0.3) is 11.0 Å². The molecular formula is C9H9N3O2. The Morgan fingerprint density at radius 1 is 1.64 bits per heavy atom. The van der Waals surface area contributed by atoms with Gasteiger partial charge < -0.3 is 15.4 Å². The predicted octanol–water partition coefficient (Wildman–Crippen LogP) is 0.0850. The van der Waals surface area contributed by atoms with E-state index in [1.54, 1.807) is 22.9 Å². The van der Waals surface area contributed by atoms with Gasteiger partial charge in [-0.15, -0.1) is 0 Å². The first-order valence-electron chi connectivity index (χ1n) is 4.08. The number of hydrogen-bond acceptors (Lipinski definition) is 3. The van der Waals surface area contributed by atoms with Crippen LogP contribution in [0.15, 0.2) is 24.5 Å². The van der Waals surface area contributed by atoms with Crippen molar-refractivity contribution in [2.24, 2.45) is 5.73 Å². The molecule has 5 nitrogen and oxygen atoms in total. The number of aromatic nitrogens is 2. The minimum absolute atomic E-state index is 0.133. The number of amides is 1. The third-order valence-electron chi connectivity index (χ3n) is 2.04. The molecule has 2 heterocycles. The summed E-state index contributed by atoms with van der Waals surface area (Å²) < 4.78 is 1.57. The second-order valence-corrected chi connectivity index (χ2v) is 2.93. The molecule has 72 valence electrons. The van der Waals surface area contributed by atoms with E-state index in [0.29, 0.717) is 11.2 Å². The van der Waals surface area contributed by atoms with Crippen LogP contribution in [-0.4, -0.2) is 20.6 Å². The Kier molecular flexibility index (Phi) is 1.94. The molecule has 2 rings (SSSR count). The van der Waals surface area contributed by atoms with Crippen LogP contribution in [0, 0.1) is 0 Å². The fraction of sp³-hybridized carbons (Fsp3) is 0.111. The zero-order chi connectivity index (χ0) is 10.1. The lowest BCUT2D eigenvalue weighted by Crippen LogP contribution is -2.11. The van der Waals surface area contributed by atoms with Crippen LogP contribution < -0.4 is 5.73 Å². The Labute approximate surface area is 79.8 Å². The SMILES string of the molecule is NC(=O)c1cnc2c(ccn2CO)c1. The summed E-state index contributed by atoms with van der Waals surface area (Å²) in [6.45, 7) is -0.133. The zero-order valence-electron chi connectivity index (χ0n) is 7.34. The Morgan fingerprint density at radius 3 is 3.07 bits per heavy atom.